The van der Waals surface area contributed by atoms with Crippen LogP contribution >= 0.6 is 0 Å². The highest BCUT2D eigenvalue weighted by molar-refractivity contribution is 5.70. The fourth-order valence-corrected chi connectivity index (χ4v) is 1.15. The smallest absolute Gasteiger partial charge is 0.308 e. The van der Waals surface area contributed by atoms with Crippen molar-refractivity contribution in [1.82, 2.24) is 9.97 Å². The fourth-order valence-electron chi connectivity index (χ4n) is 1.15. The quantitative estimate of drug-likeness (QED) is 0.764. The van der Waals surface area contributed by atoms with Crippen molar-refractivity contribution in [3.05, 3.63) is 18.0 Å². The van der Waals surface area contributed by atoms with Crippen LogP contribution in [0.2, 0.25) is 0 Å². The molecule has 1 aromatic rings. The second-order valence-electron chi connectivity index (χ2n) is 3.35. The van der Waals surface area contributed by atoms with Crippen LogP contribution in [0.25, 0.3) is 0 Å². The van der Waals surface area contributed by atoms with E-state index >= 15 is 0 Å². The molecule has 0 aromatic carbocycles. The zero-order valence-electron chi connectivity index (χ0n) is 8.90. The summed E-state index contributed by atoms with van der Waals surface area (Å²) in [5.41, 5.74) is 0.857. The number of rotatable bonds is 5. The van der Waals surface area contributed by atoms with Crippen LogP contribution < -0.4 is 5.32 Å². The maximum atomic E-state index is 10.7. The van der Waals surface area contributed by atoms with E-state index in [0.29, 0.717) is 18.9 Å². The Morgan fingerprint density at radius 2 is 2.40 bits per heavy atom. The minimum atomic E-state index is -0.794. The van der Waals surface area contributed by atoms with Gasteiger partial charge in [0.05, 0.1) is 5.92 Å². The van der Waals surface area contributed by atoms with E-state index < -0.39 is 11.9 Å². The molecule has 1 aromatic heterocycles. The van der Waals surface area contributed by atoms with Crippen molar-refractivity contribution in [1.29, 1.82) is 0 Å². The predicted octanol–water partition coefficient (Wildman–Crippen LogP) is 1.31. The summed E-state index contributed by atoms with van der Waals surface area (Å²) in [5.74, 6) is -0.707. The van der Waals surface area contributed by atoms with Gasteiger partial charge in [-0.1, -0.05) is 6.92 Å². The second-order valence-corrected chi connectivity index (χ2v) is 3.35. The summed E-state index contributed by atoms with van der Waals surface area (Å²) in [7, 11) is 0. The lowest BCUT2D eigenvalue weighted by molar-refractivity contribution is -0.141. The molecule has 0 aliphatic rings. The molecule has 0 saturated heterocycles. The summed E-state index contributed by atoms with van der Waals surface area (Å²) in [6, 6.07) is 1.79. The van der Waals surface area contributed by atoms with Crippen LogP contribution in [-0.4, -0.2) is 27.6 Å². The van der Waals surface area contributed by atoms with Gasteiger partial charge >= 0.3 is 5.97 Å². The van der Waals surface area contributed by atoms with Crippen molar-refractivity contribution >= 4 is 11.9 Å². The third-order valence-corrected chi connectivity index (χ3v) is 2.14. The van der Waals surface area contributed by atoms with Crippen molar-refractivity contribution in [3.8, 4) is 0 Å². The molecule has 1 heterocycles. The van der Waals surface area contributed by atoms with E-state index in [1.807, 2.05) is 13.8 Å². The highest BCUT2D eigenvalue weighted by Crippen LogP contribution is 2.05. The Morgan fingerprint density at radius 1 is 1.67 bits per heavy atom. The number of nitrogens with one attached hydrogen (secondary N) is 1. The van der Waals surface area contributed by atoms with E-state index in [1.54, 1.807) is 12.3 Å². The molecule has 0 amide bonds. The largest absolute Gasteiger partial charge is 0.481 e. The Bertz CT molecular complexity index is 341. The van der Waals surface area contributed by atoms with Gasteiger partial charge < -0.3 is 10.4 Å². The molecule has 0 aliphatic carbocycles. The number of aromatic nitrogens is 2. The van der Waals surface area contributed by atoms with Crippen molar-refractivity contribution in [2.45, 2.75) is 20.3 Å². The Kier molecular flexibility index (Phi) is 4.03. The fraction of sp³-hybridized carbons (Fsp3) is 0.500. The Hall–Kier alpha value is -1.65. The van der Waals surface area contributed by atoms with Gasteiger partial charge in [-0.15, -0.1) is 0 Å². The van der Waals surface area contributed by atoms with Gasteiger partial charge in [0.1, 0.15) is 0 Å². The lowest BCUT2D eigenvalue weighted by Crippen LogP contribution is -2.22. The molecular formula is C10H15N3O2. The third kappa shape index (κ3) is 3.53. The second kappa shape index (κ2) is 5.29. The van der Waals surface area contributed by atoms with Crippen LogP contribution in [0.5, 0.6) is 0 Å². The number of hydrogen-bond acceptors (Lipinski definition) is 4. The molecule has 5 nitrogen and oxygen atoms in total. The summed E-state index contributed by atoms with van der Waals surface area (Å²) in [6.07, 6.45) is 2.24. The molecule has 2 N–H and O–H groups in total. The SMILES string of the molecule is CCC(CNc1nccc(C)n1)C(=O)O. The number of aliphatic carboxylic acids is 1. The van der Waals surface area contributed by atoms with E-state index in [4.69, 9.17) is 5.11 Å². The van der Waals surface area contributed by atoms with Gasteiger partial charge in [-0.25, -0.2) is 9.97 Å². The number of nitrogens with zero attached hydrogens (tertiary/aromatic N) is 2. The van der Waals surface area contributed by atoms with Crippen molar-refractivity contribution in [2.75, 3.05) is 11.9 Å². The van der Waals surface area contributed by atoms with Gasteiger partial charge in [-0.05, 0) is 19.4 Å². The van der Waals surface area contributed by atoms with Crippen molar-refractivity contribution in [3.63, 3.8) is 0 Å². The minimum Gasteiger partial charge on any atom is -0.481 e. The molecule has 82 valence electrons. The summed E-state index contributed by atoms with van der Waals surface area (Å²) in [4.78, 5) is 18.9. The zero-order valence-corrected chi connectivity index (χ0v) is 8.90. The first-order chi connectivity index (χ1) is 7.13. The lowest BCUT2D eigenvalue weighted by atomic mass is 10.1. The van der Waals surface area contributed by atoms with Gasteiger partial charge in [-0.3, -0.25) is 4.79 Å². The predicted molar refractivity (Wildman–Crippen MR) is 56.7 cm³/mol. The lowest BCUT2D eigenvalue weighted by Gasteiger charge is -2.10. The Labute approximate surface area is 88.6 Å². The highest BCUT2D eigenvalue weighted by Gasteiger charge is 2.14. The molecular weight excluding hydrogens is 194 g/mol. The normalized spacial score (nSPS) is 12.1. The number of carboxylic acids is 1. The van der Waals surface area contributed by atoms with Gasteiger partial charge in [0.25, 0.3) is 0 Å². The molecule has 0 fully saturated rings. The minimum absolute atomic E-state index is 0.356. The van der Waals surface area contributed by atoms with Gasteiger partial charge in [-0.2, -0.15) is 0 Å². The van der Waals surface area contributed by atoms with E-state index in [-0.39, 0.29) is 0 Å². The number of carbonyl (C=O) groups is 1. The van der Waals surface area contributed by atoms with Gasteiger partial charge in [0.15, 0.2) is 0 Å². The van der Waals surface area contributed by atoms with Crippen LogP contribution in [-0.2, 0) is 4.79 Å². The standard InChI is InChI=1S/C10H15N3O2/c1-3-8(9(14)15)6-12-10-11-5-4-7(2)13-10/h4-5,8H,3,6H2,1-2H3,(H,14,15)(H,11,12,13). The number of anilines is 1. The molecule has 15 heavy (non-hydrogen) atoms. The summed E-state index contributed by atoms with van der Waals surface area (Å²) >= 11 is 0. The van der Waals surface area contributed by atoms with E-state index in [1.165, 1.54) is 0 Å². The summed E-state index contributed by atoms with van der Waals surface area (Å²) < 4.78 is 0. The molecule has 1 atom stereocenters. The molecule has 0 aliphatic heterocycles. The molecule has 0 spiro atoms. The monoisotopic (exact) mass is 209 g/mol. The van der Waals surface area contributed by atoms with Crippen LogP contribution in [0.1, 0.15) is 19.0 Å². The molecule has 1 rings (SSSR count). The van der Waals surface area contributed by atoms with E-state index in [9.17, 15) is 4.79 Å². The van der Waals surface area contributed by atoms with Crippen LogP contribution in [0.15, 0.2) is 12.3 Å². The number of aryl methyl sites for hydroxylation is 1. The first-order valence-corrected chi connectivity index (χ1v) is 4.89. The molecule has 1 unspecified atom stereocenters. The Morgan fingerprint density at radius 3 is 2.93 bits per heavy atom. The van der Waals surface area contributed by atoms with Crippen LogP contribution in [0, 0.1) is 12.8 Å². The van der Waals surface area contributed by atoms with Crippen LogP contribution in [0.4, 0.5) is 5.95 Å². The molecule has 0 radical (unpaired) electrons. The maximum absolute atomic E-state index is 10.7. The van der Waals surface area contributed by atoms with E-state index in [0.717, 1.165) is 5.69 Å². The number of hydrogen-bond donors (Lipinski definition) is 2. The molecule has 0 saturated carbocycles. The summed E-state index contributed by atoms with van der Waals surface area (Å²) in [6.45, 7) is 4.06. The molecule has 5 heteroatoms. The Balaban J connectivity index is 2.52. The first-order valence-electron chi connectivity index (χ1n) is 4.89. The summed E-state index contributed by atoms with van der Waals surface area (Å²) in [5, 5.41) is 11.7. The maximum Gasteiger partial charge on any atom is 0.308 e. The average molecular weight is 209 g/mol. The van der Waals surface area contributed by atoms with Gasteiger partial charge in [0.2, 0.25) is 5.95 Å². The number of carboxylic acid groups (broad SMARTS) is 1. The first kappa shape index (κ1) is 11.4. The highest BCUT2D eigenvalue weighted by atomic mass is 16.4. The van der Waals surface area contributed by atoms with Gasteiger partial charge in [0, 0.05) is 18.4 Å². The third-order valence-electron chi connectivity index (χ3n) is 2.14. The van der Waals surface area contributed by atoms with Crippen LogP contribution in [0.3, 0.4) is 0 Å². The zero-order chi connectivity index (χ0) is 11.3. The topological polar surface area (TPSA) is 75.1 Å². The van der Waals surface area contributed by atoms with E-state index in [2.05, 4.69) is 15.3 Å². The van der Waals surface area contributed by atoms with Crippen molar-refractivity contribution in [2.24, 2.45) is 5.92 Å². The molecule has 0 bridgehead atoms. The average Bonchev–Trinajstić information content (AvgIpc) is 2.18. The van der Waals surface area contributed by atoms with Crippen molar-refractivity contribution < 1.29 is 9.90 Å².